The molecule has 0 aromatic carbocycles. The second-order valence-corrected chi connectivity index (χ2v) is 12.1. The van der Waals surface area contributed by atoms with E-state index in [-0.39, 0.29) is 12.1 Å². The van der Waals surface area contributed by atoms with Crippen LogP contribution < -0.4 is 11.5 Å². The van der Waals surface area contributed by atoms with Gasteiger partial charge >= 0.3 is 11.9 Å². The summed E-state index contributed by atoms with van der Waals surface area (Å²) in [5.41, 5.74) is 12.7. The van der Waals surface area contributed by atoms with Crippen molar-refractivity contribution in [3.8, 4) is 0 Å². The summed E-state index contributed by atoms with van der Waals surface area (Å²) >= 11 is 0. The van der Waals surface area contributed by atoms with E-state index in [0.717, 1.165) is 75.7 Å². The number of carboxylic acids is 2. The van der Waals surface area contributed by atoms with Gasteiger partial charge in [0.25, 0.3) is 0 Å². The first-order valence-electron chi connectivity index (χ1n) is 11.5. The van der Waals surface area contributed by atoms with E-state index in [1.165, 1.54) is 0 Å². The van der Waals surface area contributed by atoms with E-state index < -0.39 is 11.9 Å². The van der Waals surface area contributed by atoms with Crippen LogP contribution in [0.4, 0.5) is 0 Å². The molecule has 30 heavy (non-hydrogen) atoms. The number of hydrogen-bond donors (Lipinski definition) is 4. The minimum Gasteiger partial charge on any atom is -0.481 e. The molecule has 2 unspecified atom stereocenters. The molecule has 0 heterocycles. The molecule has 2 atom stereocenters. The summed E-state index contributed by atoms with van der Waals surface area (Å²) in [5.74, 6) is 2.53. The van der Waals surface area contributed by atoms with Gasteiger partial charge in [0.15, 0.2) is 0 Å². The van der Waals surface area contributed by atoms with Crippen molar-refractivity contribution in [2.75, 3.05) is 11.5 Å². The van der Waals surface area contributed by atoms with Crippen LogP contribution >= 0.6 is 21.6 Å². The van der Waals surface area contributed by atoms with Crippen molar-refractivity contribution >= 4 is 33.5 Å². The molecule has 174 valence electrons. The van der Waals surface area contributed by atoms with Gasteiger partial charge in [-0.2, -0.15) is 0 Å². The van der Waals surface area contributed by atoms with Crippen LogP contribution in [0.15, 0.2) is 0 Å². The van der Waals surface area contributed by atoms with Crippen LogP contribution in [-0.2, 0) is 9.59 Å². The van der Waals surface area contributed by atoms with Gasteiger partial charge in [-0.25, -0.2) is 0 Å². The van der Waals surface area contributed by atoms with E-state index in [0.29, 0.717) is 36.5 Å². The number of carboxylic acid groups (broad SMARTS) is 2. The Balaban J connectivity index is 1.49. The third-order valence-electron chi connectivity index (χ3n) is 6.78. The molecule has 0 saturated heterocycles. The van der Waals surface area contributed by atoms with Gasteiger partial charge < -0.3 is 21.7 Å². The fourth-order valence-corrected chi connectivity index (χ4v) is 7.54. The van der Waals surface area contributed by atoms with Crippen LogP contribution in [0.1, 0.15) is 77.0 Å². The first kappa shape index (κ1) is 25.8. The summed E-state index contributed by atoms with van der Waals surface area (Å²) in [7, 11) is 3.65. The van der Waals surface area contributed by atoms with Crippen molar-refractivity contribution in [2.45, 2.75) is 89.1 Å². The van der Waals surface area contributed by atoms with E-state index >= 15 is 0 Å². The first-order chi connectivity index (χ1) is 14.3. The minimum atomic E-state index is -0.673. The van der Waals surface area contributed by atoms with Crippen molar-refractivity contribution in [1.29, 1.82) is 0 Å². The maximum absolute atomic E-state index is 10.8. The molecule has 6 nitrogen and oxygen atoms in total. The highest BCUT2D eigenvalue weighted by Crippen LogP contribution is 2.35. The van der Waals surface area contributed by atoms with E-state index in [2.05, 4.69) is 0 Å². The highest BCUT2D eigenvalue weighted by Gasteiger charge is 2.25. The van der Waals surface area contributed by atoms with Gasteiger partial charge in [-0.1, -0.05) is 47.3 Å². The predicted molar refractivity (Wildman–Crippen MR) is 126 cm³/mol. The fourth-order valence-electron chi connectivity index (χ4n) is 5.10. The van der Waals surface area contributed by atoms with Crippen LogP contribution in [0.5, 0.6) is 0 Å². The quantitative estimate of drug-likeness (QED) is 0.236. The molecule has 2 aliphatic carbocycles. The third kappa shape index (κ3) is 10.7. The molecule has 0 aromatic rings. The standard InChI is InChI=1S/C22H40N2O4S2/c23-19(9-15-1-5-17(6-2-15)11-21(25)26)13-29-30-14-20(24)10-16-3-7-18(8-4-16)12-22(27)28/h15-20H,1-14,23-24H2,(H,25,26)(H,27,28). The summed E-state index contributed by atoms with van der Waals surface area (Å²) in [6.45, 7) is 0. The van der Waals surface area contributed by atoms with Gasteiger partial charge in [0.2, 0.25) is 0 Å². The van der Waals surface area contributed by atoms with Crippen LogP contribution in [0, 0.1) is 23.7 Å². The fraction of sp³-hybridized carbons (Fsp3) is 0.909. The average molecular weight is 461 g/mol. The van der Waals surface area contributed by atoms with Gasteiger partial charge in [-0.3, -0.25) is 9.59 Å². The Labute approximate surface area is 189 Å². The molecule has 0 spiro atoms. The Bertz CT molecular complexity index is 475. The molecule has 0 aliphatic heterocycles. The van der Waals surface area contributed by atoms with Crippen molar-refractivity contribution in [3.63, 3.8) is 0 Å². The predicted octanol–water partition coefficient (Wildman–Crippen LogP) is 4.36. The van der Waals surface area contributed by atoms with Gasteiger partial charge in [-0.05, 0) is 62.2 Å². The molecular formula is C22H40N2O4S2. The van der Waals surface area contributed by atoms with Crippen molar-refractivity contribution in [2.24, 2.45) is 35.1 Å². The van der Waals surface area contributed by atoms with E-state index in [1.807, 2.05) is 21.6 Å². The molecule has 8 heteroatoms. The highest BCUT2D eigenvalue weighted by atomic mass is 33.1. The molecule has 2 aliphatic rings. The lowest BCUT2D eigenvalue weighted by Crippen LogP contribution is -2.29. The summed E-state index contributed by atoms with van der Waals surface area (Å²) < 4.78 is 0. The number of carbonyl (C=O) groups is 2. The lowest BCUT2D eigenvalue weighted by molar-refractivity contribution is -0.139. The maximum Gasteiger partial charge on any atom is 0.303 e. The Morgan fingerprint density at radius 3 is 1.27 bits per heavy atom. The Morgan fingerprint density at radius 2 is 0.967 bits per heavy atom. The molecule has 2 saturated carbocycles. The zero-order valence-corrected chi connectivity index (χ0v) is 19.7. The molecule has 0 radical (unpaired) electrons. The average Bonchev–Trinajstić information content (AvgIpc) is 2.67. The number of aliphatic carboxylic acids is 2. The Hall–Kier alpha value is -0.440. The second-order valence-electron chi connectivity index (χ2n) is 9.53. The van der Waals surface area contributed by atoms with Gasteiger partial charge in [0, 0.05) is 36.4 Å². The monoisotopic (exact) mass is 460 g/mol. The summed E-state index contributed by atoms with van der Waals surface area (Å²) in [6.07, 6.45) is 11.3. The molecule has 6 N–H and O–H groups in total. The Morgan fingerprint density at radius 1 is 0.667 bits per heavy atom. The molecule has 2 fully saturated rings. The van der Waals surface area contributed by atoms with E-state index in [9.17, 15) is 9.59 Å². The van der Waals surface area contributed by atoms with Crippen LogP contribution in [0.2, 0.25) is 0 Å². The molecule has 2 rings (SSSR count). The number of rotatable bonds is 13. The zero-order valence-electron chi connectivity index (χ0n) is 18.0. The molecular weight excluding hydrogens is 420 g/mol. The third-order valence-corrected chi connectivity index (χ3v) is 9.39. The van der Waals surface area contributed by atoms with Gasteiger partial charge in [0.05, 0.1) is 0 Å². The lowest BCUT2D eigenvalue weighted by Gasteiger charge is -2.29. The topological polar surface area (TPSA) is 127 Å². The summed E-state index contributed by atoms with van der Waals surface area (Å²) in [6, 6.07) is 0.397. The van der Waals surface area contributed by atoms with Crippen LogP contribution in [0.3, 0.4) is 0 Å². The number of nitrogens with two attached hydrogens (primary N) is 2. The summed E-state index contributed by atoms with van der Waals surface area (Å²) in [4.78, 5) is 21.7. The van der Waals surface area contributed by atoms with Crippen LogP contribution in [0.25, 0.3) is 0 Å². The van der Waals surface area contributed by atoms with E-state index in [1.54, 1.807) is 0 Å². The van der Waals surface area contributed by atoms with Gasteiger partial charge in [-0.15, -0.1) is 0 Å². The SMILES string of the molecule is NC(CSSCC(N)CC1CCC(CC(=O)O)CC1)CC1CCC(CC(=O)O)CC1. The molecule has 0 aromatic heterocycles. The Kier molecular flexibility index (Phi) is 11.9. The number of hydrogen-bond acceptors (Lipinski definition) is 6. The smallest absolute Gasteiger partial charge is 0.303 e. The van der Waals surface area contributed by atoms with E-state index in [4.69, 9.17) is 21.7 Å². The largest absolute Gasteiger partial charge is 0.481 e. The van der Waals surface area contributed by atoms with Gasteiger partial charge in [0.1, 0.15) is 0 Å². The first-order valence-corrected chi connectivity index (χ1v) is 14.0. The molecule has 0 bridgehead atoms. The normalized spacial score (nSPS) is 29.3. The molecule has 0 amide bonds. The summed E-state index contributed by atoms with van der Waals surface area (Å²) in [5, 5.41) is 17.8. The van der Waals surface area contributed by atoms with Crippen LogP contribution in [-0.4, -0.2) is 45.7 Å². The second kappa shape index (κ2) is 13.9. The van der Waals surface area contributed by atoms with Crippen molar-refractivity contribution in [1.82, 2.24) is 0 Å². The maximum atomic E-state index is 10.8. The van der Waals surface area contributed by atoms with Crippen molar-refractivity contribution in [3.05, 3.63) is 0 Å². The zero-order chi connectivity index (χ0) is 21.9. The minimum absolute atomic E-state index is 0.198. The highest BCUT2D eigenvalue weighted by molar-refractivity contribution is 8.76. The van der Waals surface area contributed by atoms with Crippen molar-refractivity contribution < 1.29 is 19.8 Å². The lowest BCUT2D eigenvalue weighted by atomic mass is 9.78.